The molecule has 1 saturated heterocycles. The van der Waals surface area contributed by atoms with Crippen LogP contribution in [0.25, 0.3) is 0 Å². The molecule has 2 rings (SSSR count). The van der Waals surface area contributed by atoms with Gasteiger partial charge >= 0.3 is 5.97 Å². The van der Waals surface area contributed by atoms with Gasteiger partial charge in [-0.15, -0.1) is 0 Å². The van der Waals surface area contributed by atoms with Gasteiger partial charge in [0.05, 0.1) is 4.92 Å². The summed E-state index contributed by atoms with van der Waals surface area (Å²) >= 11 is 0. The molecule has 1 N–H and O–H groups in total. The van der Waals surface area contributed by atoms with E-state index in [2.05, 4.69) is 0 Å². The first-order chi connectivity index (χ1) is 9.50. The van der Waals surface area contributed by atoms with E-state index in [1.165, 1.54) is 6.07 Å². The van der Waals surface area contributed by atoms with E-state index in [9.17, 15) is 14.9 Å². The Kier molecular flexibility index (Phi) is 4.19. The summed E-state index contributed by atoms with van der Waals surface area (Å²) < 4.78 is 0. The molecule has 20 heavy (non-hydrogen) atoms. The molecule has 0 radical (unpaired) electrons. The molecular weight excluding hydrogens is 262 g/mol. The number of nitro groups is 1. The summed E-state index contributed by atoms with van der Waals surface area (Å²) in [5.41, 5.74) is 0.687. The zero-order valence-electron chi connectivity index (χ0n) is 11.2. The number of hydrogen-bond donors (Lipinski definition) is 1. The minimum Gasteiger partial charge on any atom is -0.480 e. The first kappa shape index (κ1) is 14.3. The molecule has 7 nitrogen and oxygen atoms in total. The van der Waals surface area contributed by atoms with Crippen LogP contribution in [0.4, 0.5) is 11.4 Å². The summed E-state index contributed by atoms with van der Waals surface area (Å²) in [4.78, 5) is 25.4. The van der Waals surface area contributed by atoms with Crippen molar-refractivity contribution in [1.29, 1.82) is 0 Å². The van der Waals surface area contributed by atoms with Crippen LogP contribution in [0, 0.1) is 10.1 Å². The van der Waals surface area contributed by atoms with E-state index in [1.807, 2.05) is 9.80 Å². The number of para-hydroxylation sites is 2. The lowest BCUT2D eigenvalue weighted by Gasteiger charge is -2.37. The van der Waals surface area contributed by atoms with E-state index in [-0.39, 0.29) is 10.6 Å². The molecule has 1 unspecified atom stereocenters. The van der Waals surface area contributed by atoms with Crippen molar-refractivity contribution >= 4 is 17.3 Å². The third-order valence-electron chi connectivity index (χ3n) is 3.64. The number of benzene rings is 1. The van der Waals surface area contributed by atoms with Crippen LogP contribution >= 0.6 is 0 Å². The van der Waals surface area contributed by atoms with Crippen molar-refractivity contribution in [2.75, 3.05) is 31.1 Å². The number of carboxylic acids is 1. The minimum atomic E-state index is -0.843. The number of rotatable bonds is 4. The molecule has 1 atom stereocenters. The van der Waals surface area contributed by atoms with Gasteiger partial charge in [-0.05, 0) is 13.0 Å². The van der Waals surface area contributed by atoms with Gasteiger partial charge in [0, 0.05) is 32.2 Å². The molecule has 1 aromatic carbocycles. The monoisotopic (exact) mass is 279 g/mol. The van der Waals surface area contributed by atoms with Gasteiger partial charge in [-0.2, -0.15) is 0 Å². The largest absolute Gasteiger partial charge is 0.480 e. The summed E-state index contributed by atoms with van der Waals surface area (Å²) in [6.07, 6.45) is 0. The van der Waals surface area contributed by atoms with Gasteiger partial charge < -0.3 is 10.0 Å². The van der Waals surface area contributed by atoms with Crippen LogP contribution in [0.2, 0.25) is 0 Å². The Labute approximate surface area is 116 Å². The Morgan fingerprint density at radius 2 is 1.90 bits per heavy atom. The number of hydrogen-bond acceptors (Lipinski definition) is 5. The van der Waals surface area contributed by atoms with Crippen LogP contribution in [0.1, 0.15) is 6.92 Å². The van der Waals surface area contributed by atoms with Gasteiger partial charge in [-0.25, -0.2) is 0 Å². The molecular formula is C13H17N3O4. The quantitative estimate of drug-likeness (QED) is 0.658. The fourth-order valence-corrected chi connectivity index (χ4v) is 2.39. The van der Waals surface area contributed by atoms with Crippen LogP contribution in [0.15, 0.2) is 24.3 Å². The van der Waals surface area contributed by atoms with Gasteiger partial charge in [0.15, 0.2) is 0 Å². The second kappa shape index (κ2) is 5.87. The number of piperazine rings is 1. The normalized spacial score (nSPS) is 17.8. The summed E-state index contributed by atoms with van der Waals surface area (Å²) in [5.74, 6) is -0.843. The van der Waals surface area contributed by atoms with E-state index < -0.39 is 12.0 Å². The maximum Gasteiger partial charge on any atom is 0.320 e. The maximum absolute atomic E-state index is 11.0. The van der Waals surface area contributed by atoms with Crippen LogP contribution in [0.3, 0.4) is 0 Å². The van der Waals surface area contributed by atoms with Crippen LogP contribution in [-0.2, 0) is 4.79 Å². The Morgan fingerprint density at radius 1 is 1.30 bits per heavy atom. The van der Waals surface area contributed by atoms with Crippen molar-refractivity contribution in [1.82, 2.24) is 4.90 Å². The Bertz CT molecular complexity index is 512. The smallest absolute Gasteiger partial charge is 0.320 e. The van der Waals surface area contributed by atoms with Gasteiger partial charge in [-0.1, -0.05) is 12.1 Å². The molecule has 1 heterocycles. The van der Waals surface area contributed by atoms with Crippen molar-refractivity contribution in [2.24, 2.45) is 0 Å². The molecule has 1 aliphatic heterocycles. The lowest BCUT2D eigenvalue weighted by Crippen LogP contribution is -2.51. The summed E-state index contributed by atoms with van der Waals surface area (Å²) in [6.45, 7) is 3.99. The van der Waals surface area contributed by atoms with Crippen molar-refractivity contribution in [3.63, 3.8) is 0 Å². The molecule has 0 aliphatic carbocycles. The standard InChI is InChI=1S/C13H17N3O4/c1-10(13(17)18)14-6-8-15(9-7-14)11-4-2-3-5-12(11)16(19)20/h2-5,10H,6-9H2,1H3,(H,17,18). The highest BCUT2D eigenvalue weighted by Gasteiger charge is 2.27. The Balaban J connectivity index is 2.08. The lowest BCUT2D eigenvalue weighted by atomic mass is 10.2. The molecule has 1 aliphatic rings. The minimum absolute atomic E-state index is 0.0900. The van der Waals surface area contributed by atoms with E-state index >= 15 is 0 Å². The predicted octanol–water partition coefficient (Wildman–Crippen LogP) is 1.19. The molecule has 1 aromatic rings. The summed E-state index contributed by atoms with van der Waals surface area (Å²) in [6, 6.07) is 6.11. The van der Waals surface area contributed by atoms with Crippen molar-refractivity contribution in [3.05, 3.63) is 34.4 Å². The highest BCUT2D eigenvalue weighted by Crippen LogP contribution is 2.28. The first-order valence-electron chi connectivity index (χ1n) is 6.46. The molecule has 108 valence electrons. The SMILES string of the molecule is CC(C(=O)O)N1CCN(c2ccccc2[N+](=O)[O-])CC1. The van der Waals surface area contributed by atoms with Crippen molar-refractivity contribution in [3.8, 4) is 0 Å². The molecule has 0 spiro atoms. The predicted molar refractivity (Wildman–Crippen MR) is 74.0 cm³/mol. The lowest BCUT2D eigenvalue weighted by molar-refractivity contribution is -0.384. The third kappa shape index (κ3) is 2.88. The van der Waals surface area contributed by atoms with E-state index in [1.54, 1.807) is 25.1 Å². The molecule has 0 aromatic heterocycles. The van der Waals surface area contributed by atoms with E-state index in [0.29, 0.717) is 31.9 Å². The molecule has 1 fully saturated rings. The zero-order chi connectivity index (χ0) is 14.7. The highest BCUT2D eigenvalue weighted by molar-refractivity contribution is 5.73. The molecule has 0 amide bonds. The second-order valence-corrected chi connectivity index (χ2v) is 4.78. The maximum atomic E-state index is 11.0. The van der Waals surface area contributed by atoms with Crippen LogP contribution in [0.5, 0.6) is 0 Å². The zero-order valence-corrected chi connectivity index (χ0v) is 11.2. The number of carbonyl (C=O) groups is 1. The Hall–Kier alpha value is -2.15. The number of nitrogens with zero attached hydrogens (tertiary/aromatic N) is 3. The van der Waals surface area contributed by atoms with E-state index in [0.717, 1.165) is 0 Å². The number of nitro benzene ring substituents is 1. The topological polar surface area (TPSA) is 86.9 Å². The number of aliphatic carboxylic acids is 1. The molecule has 7 heteroatoms. The summed E-state index contributed by atoms with van der Waals surface area (Å²) in [5, 5.41) is 20.0. The summed E-state index contributed by atoms with van der Waals surface area (Å²) in [7, 11) is 0. The molecule has 0 saturated carbocycles. The Morgan fingerprint density at radius 3 is 2.45 bits per heavy atom. The fraction of sp³-hybridized carbons (Fsp3) is 0.462. The average Bonchev–Trinajstić information content (AvgIpc) is 2.46. The number of anilines is 1. The van der Waals surface area contributed by atoms with Gasteiger partial charge in [0.1, 0.15) is 11.7 Å². The van der Waals surface area contributed by atoms with E-state index in [4.69, 9.17) is 5.11 Å². The first-order valence-corrected chi connectivity index (χ1v) is 6.46. The van der Waals surface area contributed by atoms with Crippen molar-refractivity contribution < 1.29 is 14.8 Å². The second-order valence-electron chi connectivity index (χ2n) is 4.78. The molecule has 0 bridgehead atoms. The van der Waals surface area contributed by atoms with Gasteiger partial charge in [-0.3, -0.25) is 19.8 Å². The van der Waals surface area contributed by atoms with Crippen molar-refractivity contribution in [2.45, 2.75) is 13.0 Å². The number of carboxylic acid groups (broad SMARTS) is 1. The average molecular weight is 279 g/mol. The van der Waals surface area contributed by atoms with Gasteiger partial charge in [0.2, 0.25) is 0 Å². The fourth-order valence-electron chi connectivity index (χ4n) is 2.39. The van der Waals surface area contributed by atoms with Crippen LogP contribution in [-0.4, -0.2) is 53.1 Å². The van der Waals surface area contributed by atoms with Crippen LogP contribution < -0.4 is 4.90 Å². The third-order valence-corrected chi connectivity index (χ3v) is 3.64. The van der Waals surface area contributed by atoms with Gasteiger partial charge in [0.25, 0.3) is 5.69 Å². The highest BCUT2D eigenvalue weighted by atomic mass is 16.6.